The Bertz CT molecular complexity index is 612. The molecule has 3 amide bonds. The fourth-order valence-electron chi connectivity index (χ4n) is 4.32. The van der Waals surface area contributed by atoms with Crippen molar-refractivity contribution < 1.29 is 19.1 Å². The van der Waals surface area contributed by atoms with Crippen LogP contribution in [-0.2, 0) is 14.3 Å². The van der Waals surface area contributed by atoms with E-state index < -0.39 is 11.7 Å². The molecule has 0 aromatic rings. The lowest BCUT2D eigenvalue weighted by Crippen LogP contribution is -2.60. The summed E-state index contributed by atoms with van der Waals surface area (Å²) >= 11 is 0. The third-order valence-corrected chi connectivity index (χ3v) is 5.80. The molecule has 0 spiro atoms. The Labute approximate surface area is 175 Å². The quantitative estimate of drug-likeness (QED) is 0.772. The summed E-state index contributed by atoms with van der Waals surface area (Å²) in [5.74, 6) is 0.143. The van der Waals surface area contributed by atoms with Gasteiger partial charge < -0.3 is 19.9 Å². The summed E-state index contributed by atoms with van der Waals surface area (Å²) in [6.07, 6.45) is 4.23. The van der Waals surface area contributed by atoms with Crippen molar-refractivity contribution in [2.75, 3.05) is 19.6 Å². The zero-order valence-electron chi connectivity index (χ0n) is 19.0. The van der Waals surface area contributed by atoms with E-state index in [4.69, 9.17) is 4.74 Å². The van der Waals surface area contributed by atoms with Crippen molar-refractivity contribution in [2.24, 2.45) is 5.41 Å². The van der Waals surface area contributed by atoms with Crippen molar-refractivity contribution >= 4 is 17.9 Å². The molecule has 2 aliphatic rings. The van der Waals surface area contributed by atoms with Gasteiger partial charge in [0.2, 0.25) is 11.8 Å². The van der Waals surface area contributed by atoms with E-state index in [1.165, 1.54) is 0 Å². The van der Waals surface area contributed by atoms with E-state index >= 15 is 0 Å². The minimum atomic E-state index is -0.541. The highest BCUT2D eigenvalue weighted by atomic mass is 16.6. The number of hydrogen-bond acceptors (Lipinski definition) is 4. The first kappa shape index (κ1) is 23.5. The van der Waals surface area contributed by atoms with Crippen LogP contribution in [0.4, 0.5) is 4.79 Å². The Kier molecular flexibility index (Phi) is 7.57. The monoisotopic (exact) mass is 409 g/mol. The minimum Gasteiger partial charge on any atom is -0.444 e. The predicted molar refractivity (Wildman–Crippen MR) is 112 cm³/mol. The maximum absolute atomic E-state index is 13.3. The number of likely N-dealkylation sites (tertiary alicyclic amines) is 2. The minimum absolute atomic E-state index is 0.0537. The summed E-state index contributed by atoms with van der Waals surface area (Å²) in [6, 6.07) is -0.403. The fraction of sp³-hybridized carbons (Fsp3) is 0.864. The van der Waals surface area contributed by atoms with Crippen molar-refractivity contribution in [1.29, 1.82) is 0 Å². The summed E-state index contributed by atoms with van der Waals surface area (Å²) in [4.78, 5) is 41.7. The molecule has 1 N–H and O–H groups in total. The van der Waals surface area contributed by atoms with Crippen LogP contribution in [0.15, 0.2) is 0 Å². The smallest absolute Gasteiger partial charge is 0.407 e. The lowest BCUT2D eigenvalue weighted by atomic mass is 9.78. The van der Waals surface area contributed by atoms with Crippen molar-refractivity contribution in [1.82, 2.24) is 15.1 Å². The number of nitrogens with zero attached hydrogens (tertiary/aromatic N) is 2. The Morgan fingerprint density at radius 2 is 1.79 bits per heavy atom. The lowest BCUT2D eigenvalue weighted by molar-refractivity contribution is -0.150. The first-order valence-corrected chi connectivity index (χ1v) is 11.0. The van der Waals surface area contributed by atoms with E-state index in [9.17, 15) is 14.4 Å². The fourth-order valence-corrected chi connectivity index (χ4v) is 4.32. The Morgan fingerprint density at radius 3 is 2.38 bits per heavy atom. The van der Waals surface area contributed by atoms with Gasteiger partial charge in [0.15, 0.2) is 0 Å². The average molecular weight is 410 g/mol. The SMILES string of the molecule is CCCC(=O)N1CCCC[C@H]1C(=O)N1CC[C@H](NC(=O)OC(C)(C)C)C(C)(C)C1. The van der Waals surface area contributed by atoms with Gasteiger partial charge in [-0.1, -0.05) is 20.8 Å². The molecule has 0 aromatic carbocycles. The number of hydrogen-bond donors (Lipinski definition) is 1. The molecule has 7 nitrogen and oxygen atoms in total. The van der Waals surface area contributed by atoms with Crippen LogP contribution in [0.25, 0.3) is 0 Å². The standard InChI is InChI=1S/C22H39N3O4/c1-7-10-18(26)25-13-9-8-11-16(25)19(27)24-14-12-17(22(5,6)15-24)23-20(28)29-21(2,3)4/h16-17H,7-15H2,1-6H3,(H,23,28)/t16-,17-/m0/s1. The molecule has 29 heavy (non-hydrogen) atoms. The molecule has 2 rings (SSSR count). The van der Waals surface area contributed by atoms with E-state index in [1.807, 2.05) is 32.6 Å². The van der Waals surface area contributed by atoms with Crippen molar-refractivity contribution in [3.63, 3.8) is 0 Å². The molecule has 2 fully saturated rings. The summed E-state index contributed by atoms with van der Waals surface area (Å²) in [6.45, 7) is 13.5. The van der Waals surface area contributed by atoms with E-state index in [0.29, 0.717) is 32.5 Å². The number of nitrogens with one attached hydrogen (secondary N) is 1. The van der Waals surface area contributed by atoms with Gasteiger partial charge in [-0.2, -0.15) is 0 Å². The summed E-state index contributed by atoms with van der Waals surface area (Å²) in [5, 5.41) is 2.98. The Hall–Kier alpha value is -1.79. The molecule has 0 radical (unpaired) electrons. The highest BCUT2D eigenvalue weighted by Gasteiger charge is 2.42. The summed E-state index contributed by atoms with van der Waals surface area (Å²) in [7, 11) is 0. The molecule has 0 saturated carbocycles. The first-order chi connectivity index (χ1) is 13.4. The van der Waals surface area contributed by atoms with Crippen LogP contribution in [-0.4, -0.2) is 65.0 Å². The maximum atomic E-state index is 13.3. The van der Waals surface area contributed by atoms with E-state index in [-0.39, 0.29) is 29.3 Å². The van der Waals surface area contributed by atoms with E-state index in [0.717, 1.165) is 25.7 Å². The maximum Gasteiger partial charge on any atom is 0.407 e. The third kappa shape index (κ3) is 6.34. The number of carbonyl (C=O) groups is 3. The van der Waals surface area contributed by atoms with Crippen LogP contribution in [0.5, 0.6) is 0 Å². The van der Waals surface area contributed by atoms with Gasteiger partial charge in [0.25, 0.3) is 0 Å². The van der Waals surface area contributed by atoms with Gasteiger partial charge in [-0.05, 0) is 52.9 Å². The average Bonchev–Trinajstić information content (AvgIpc) is 2.61. The predicted octanol–water partition coefficient (Wildman–Crippen LogP) is 3.32. The number of alkyl carbamates (subject to hydrolysis) is 1. The first-order valence-electron chi connectivity index (χ1n) is 11.0. The van der Waals surface area contributed by atoms with Crippen molar-refractivity contribution in [3.05, 3.63) is 0 Å². The molecule has 0 bridgehead atoms. The van der Waals surface area contributed by atoms with Gasteiger partial charge >= 0.3 is 6.09 Å². The van der Waals surface area contributed by atoms with Gasteiger partial charge in [-0.25, -0.2) is 4.79 Å². The zero-order valence-corrected chi connectivity index (χ0v) is 19.0. The largest absolute Gasteiger partial charge is 0.444 e. The summed E-state index contributed by atoms with van der Waals surface area (Å²) < 4.78 is 5.39. The molecule has 166 valence electrons. The van der Waals surface area contributed by atoms with Gasteiger partial charge in [0.1, 0.15) is 11.6 Å². The molecule has 2 heterocycles. The summed E-state index contributed by atoms with van der Waals surface area (Å²) in [5.41, 5.74) is -0.821. The zero-order chi connectivity index (χ0) is 21.8. The number of rotatable bonds is 4. The number of ether oxygens (including phenoxy) is 1. The Balaban J connectivity index is 2.01. The molecule has 0 aromatic heterocycles. The normalized spacial score (nSPS) is 24.8. The van der Waals surface area contributed by atoms with Crippen LogP contribution in [0.2, 0.25) is 0 Å². The van der Waals surface area contributed by atoms with Gasteiger partial charge in [0.05, 0.1) is 0 Å². The molecular weight excluding hydrogens is 370 g/mol. The highest BCUT2D eigenvalue weighted by molar-refractivity contribution is 5.88. The molecule has 0 aliphatic carbocycles. The number of amides is 3. The third-order valence-electron chi connectivity index (χ3n) is 5.80. The number of piperidine rings is 2. The molecule has 2 saturated heterocycles. The highest BCUT2D eigenvalue weighted by Crippen LogP contribution is 2.31. The van der Waals surface area contributed by atoms with Crippen LogP contribution in [0, 0.1) is 5.41 Å². The van der Waals surface area contributed by atoms with Crippen molar-refractivity contribution in [2.45, 2.75) is 97.8 Å². The second-order valence-electron chi connectivity index (χ2n) is 10.1. The molecule has 7 heteroatoms. The van der Waals surface area contributed by atoms with Gasteiger partial charge in [-0.15, -0.1) is 0 Å². The van der Waals surface area contributed by atoms with E-state index in [2.05, 4.69) is 19.2 Å². The van der Waals surface area contributed by atoms with Crippen LogP contribution >= 0.6 is 0 Å². The van der Waals surface area contributed by atoms with Crippen LogP contribution < -0.4 is 5.32 Å². The van der Waals surface area contributed by atoms with Gasteiger partial charge in [-0.3, -0.25) is 9.59 Å². The Morgan fingerprint density at radius 1 is 1.10 bits per heavy atom. The second kappa shape index (κ2) is 9.35. The van der Waals surface area contributed by atoms with E-state index in [1.54, 1.807) is 4.90 Å². The topological polar surface area (TPSA) is 79.0 Å². The molecule has 2 atom stereocenters. The lowest BCUT2D eigenvalue weighted by Gasteiger charge is -2.46. The van der Waals surface area contributed by atoms with Crippen LogP contribution in [0.1, 0.15) is 80.1 Å². The second-order valence-corrected chi connectivity index (χ2v) is 10.1. The van der Waals surface area contributed by atoms with Gasteiger partial charge in [0, 0.05) is 37.5 Å². The van der Waals surface area contributed by atoms with Crippen LogP contribution in [0.3, 0.4) is 0 Å². The number of carbonyl (C=O) groups excluding carboxylic acids is 3. The molecular formula is C22H39N3O4. The van der Waals surface area contributed by atoms with Crippen molar-refractivity contribution in [3.8, 4) is 0 Å². The molecule has 0 unspecified atom stereocenters. The molecule has 2 aliphatic heterocycles.